The van der Waals surface area contributed by atoms with Gasteiger partial charge in [0.15, 0.2) is 5.16 Å². The van der Waals surface area contributed by atoms with Crippen molar-refractivity contribution in [3.63, 3.8) is 0 Å². The fraction of sp³-hybridized carbons (Fsp3) is 0.500. The Morgan fingerprint density at radius 2 is 1.79 bits per heavy atom. The summed E-state index contributed by atoms with van der Waals surface area (Å²) in [6, 6.07) is 8.00. The molecule has 0 aliphatic rings. The Hall–Kier alpha value is -1.82. The van der Waals surface area contributed by atoms with E-state index in [1.54, 1.807) is 0 Å². The molecule has 2 rings (SSSR count). The molecule has 1 heterocycles. The largest absolute Gasteiger partial charge is 0.325 e. The zero-order valence-electron chi connectivity index (χ0n) is 15.0. The molecular weight excluding hydrogens is 320 g/mol. The van der Waals surface area contributed by atoms with Crippen molar-refractivity contribution >= 4 is 23.4 Å². The van der Waals surface area contributed by atoms with Crippen molar-refractivity contribution in [3.05, 3.63) is 35.7 Å². The highest BCUT2D eigenvalue weighted by molar-refractivity contribution is 7.99. The molecule has 1 aromatic heterocycles. The standard InChI is InChI=1S/C18H26N4OS/c1-6-22-17(13(4)5)20-21-18(22)24-11-16(23)19-15-9-7-14(8-10-15)12(2)3/h7-10,12-13H,6,11H2,1-5H3,(H,19,23). The number of nitrogens with zero attached hydrogens (tertiary/aromatic N) is 3. The molecule has 1 amide bonds. The lowest BCUT2D eigenvalue weighted by Gasteiger charge is -2.10. The van der Waals surface area contributed by atoms with Gasteiger partial charge in [-0.05, 0) is 30.5 Å². The number of carbonyl (C=O) groups excluding carboxylic acids is 1. The predicted octanol–water partition coefficient (Wildman–Crippen LogP) is 4.28. The number of hydrogen-bond donors (Lipinski definition) is 1. The molecule has 0 aliphatic carbocycles. The first-order chi connectivity index (χ1) is 11.4. The lowest BCUT2D eigenvalue weighted by atomic mass is 10.0. The van der Waals surface area contributed by atoms with E-state index < -0.39 is 0 Å². The van der Waals surface area contributed by atoms with E-state index in [9.17, 15) is 4.79 Å². The monoisotopic (exact) mass is 346 g/mol. The number of anilines is 1. The minimum Gasteiger partial charge on any atom is -0.325 e. The average Bonchev–Trinajstić information content (AvgIpc) is 2.96. The summed E-state index contributed by atoms with van der Waals surface area (Å²) in [6.45, 7) is 11.4. The molecule has 0 saturated carbocycles. The molecule has 0 aliphatic heterocycles. The molecule has 5 nitrogen and oxygen atoms in total. The first-order valence-corrected chi connectivity index (χ1v) is 9.36. The first-order valence-electron chi connectivity index (χ1n) is 8.38. The molecule has 0 spiro atoms. The maximum absolute atomic E-state index is 12.2. The van der Waals surface area contributed by atoms with E-state index in [1.165, 1.54) is 17.3 Å². The Morgan fingerprint density at radius 3 is 2.33 bits per heavy atom. The van der Waals surface area contributed by atoms with Crippen molar-refractivity contribution in [1.29, 1.82) is 0 Å². The van der Waals surface area contributed by atoms with Crippen molar-refractivity contribution in [1.82, 2.24) is 14.8 Å². The number of amides is 1. The quantitative estimate of drug-likeness (QED) is 0.760. The van der Waals surface area contributed by atoms with Crippen molar-refractivity contribution < 1.29 is 4.79 Å². The molecule has 0 saturated heterocycles. The van der Waals surface area contributed by atoms with Crippen LogP contribution in [0.5, 0.6) is 0 Å². The van der Waals surface area contributed by atoms with Crippen LogP contribution in [0.2, 0.25) is 0 Å². The molecule has 6 heteroatoms. The van der Waals surface area contributed by atoms with Crippen LogP contribution in [-0.2, 0) is 11.3 Å². The molecule has 0 unspecified atom stereocenters. The van der Waals surface area contributed by atoms with E-state index in [0.29, 0.717) is 17.6 Å². The normalized spacial score (nSPS) is 11.3. The van der Waals surface area contributed by atoms with Gasteiger partial charge in [0.25, 0.3) is 0 Å². The maximum Gasteiger partial charge on any atom is 0.234 e. The summed E-state index contributed by atoms with van der Waals surface area (Å²) in [6.07, 6.45) is 0. The van der Waals surface area contributed by atoms with E-state index in [2.05, 4.69) is 66.8 Å². The number of nitrogens with one attached hydrogen (secondary N) is 1. The lowest BCUT2D eigenvalue weighted by molar-refractivity contribution is -0.113. The number of hydrogen-bond acceptors (Lipinski definition) is 4. The van der Waals surface area contributed by atoms with Crippen LogP contribution < -0.4 is 5.32 Å². The highest BCUT2D eigenvalue weighted by atomic mass is 32.2. The summed E-state index contributed by atoms with van der Waals surface area (Å²) in [4.78, 5) is 12.2. The third-order valence-corrected chi connectivity index (χ3v) is 4.74. The van der Waals surface area contributed by atoms with Gasteiger partial charge in [0.05, 0.1) is 5.75 Å². The third-order valence-electron chi connectivity index (χ3n) is 3.77. The zero-order chi connectivity index (χ0) is 17.7. The summed E-state index contributed by atoms with van der Waals surface area (Å²) in [5.74, 6) is 2.06. The van der Waals surface area contributed by atoms with Crippen molar-refractivity contribution in [3.8, 4) is 0 Å². The third kappa shape index (κ3) is 4.60. The average molecular weight is 347 g/mol. The minimum absolute atomic E-state index is 0.0333. The molecule has 0 fully saturated rings. The summed E-state index contributed by atoms with van der Waals surface area (Å²) in [5, 5.41) is 12.2. The van der Waals surface area contributed by atoms with E-state index in [0.717, 1.165) is 23.2 Å². The predicted molar refractivity (Wildman–Crippen MR) is 99.7 cm³/mol. The lowest BCUT2D eigenvalue weighted by Crippen LogP contribution is -2.15. The van der Waals surface area contributed by atoms with Crippen LogP contribution in [-0.4, -0.2) is 26.4 Å². The van der Waals surface area contributed by atoms with Gasteiger partial charge in [-0.2, -0.15) is 0 Å². The Labute approximate surface area is 148 Å². The zero-order valence-corrected chi connectivity index (χ0v) is 15.9. The van der Waals surface area contributed by atoms with E-state index in [4.69, 9.17) is 0 Å². The van der Waals surface area contributed by atoms with Crippen LogP contribution in [0.3, 0.4) is 0 Å². The van der Waals surface area contributed by atoms with Gasteiger partial charge >= 0.3 is 0 Å². The summed E-state index contributed by atoms with van der Waals surface area (Å²) >= 11 is 1.42. The van der Waals surface area contributed by atoms with Gasteiger partial charge < -0.3 is 9.88 Å². The Bertz CT molecular complexity index is 677. The molecule has 0 bridgehead atoms. The highest BCUT2D eigenvalue weighted by Gasteiger charge is 2.15. The fourth-order valence-corrected chi connectivity index (χ4v) is 3.22. The molecule has 130 valence electrons. The van der Waals surface area contributed by atoms with Crippen LogP contribution in [0, 0.1) is 0 Å². The highest BCUT2D eigenvalue weighted by Crippen LogP contribution is 2.22. The molecular formula is C18H26N4OS. The smallest absolute Gasteiger partial charge is 0.234 e. The van der Waals surface area contributed by atoms with Crippen LogP contribution in [0.1, 0.15) is 57.8 Å². The molecule has 2 aromatic rings. The topological polar surface area (TPSA) is 59.8 Å². The van der Waals surface area contributed by atoms with Gasteiger partial charge in [-0.1, -0.05) is 51.6 Å². The molecule has 0 atom stereocenters. The van der Waals surface area contributed by atoms with Crippen LogP contribution in [0.25, 0.3) is 0 Å². The SMILES string of the molecule is CCn1c(SCC(=O)Nc2ccc(C(C)C)cc2)nnc1C(C)C. The molecule has 1 N–H and O–H groups in total. The molecule has 24 heavy (non-hydrogen) atoms. The molecule has 0 radical (unpaired) electrons. The van der Waals surface area contributed by atoms with Crippen LogP contribution >= 0.6 is 11.8 Å². The van der Waals surface area contributed by atoms with Crippen LogP contribution in [0.15, 0.2) is 29.4 Å². The number of aromatic nitrogens is 3. The maximum atomic E-state index is 12.2. The number of carbonyl (C=O) groups is 1. The first kappa shape index (κ1) is 18.5. The van der Waals surface area contributed by atoms with Gasteiger partial charge in [-0.3, -0.25) is 4.79 Å². The van der Waals surface area contributed by atoms with Gasteiger partial charge in [0, 0.05) is 18.2 Å². The van der Waals surface area contributed by atoms with Crippen LogP contribution in [0.4, 0.5) is 5.69 Å². The van der Waals surface area contributed by atoms with Gasteiger partial charge in [0.1, 0.15) is 5.82 Å². The van der Waals surface area contributed by atoms with Gasteiger partial charge in [-0.15, -0.1) is 10.2 Å². The number of benzene rings is 1. The minimum atomic E-state index is -0.0333. The summed E-state index contributed by atoms with van der Waals surface area (Å²) in [7, 11) is 0. The second-order valence-electron chi connectivity index (χ2n) is 6.35. The second kappa shape index (κ2) is 8.33. The summed E-state index contributed by atoms with van der Waals surface area (Å²) in [5.41, 5.74) is 2.09. The Kier molecular flexibility index (Phi) is 6.43. The van der Waals surface area contributed by atoms with Crippen molar-refractivity contribution in [2.75, 3.05) is 11.1 Å². The number of thioether (sulfide) groups is 1. The molecule has 1 aromatic carbocycles. The summed E-state index contributed by atoms with van der Waals surface area (Å²) < 4.78 is 2.07. The van der Waals surface area contributed by atoms with Crippen molar-refractivity contribution in [2.45, 2.75) is 58.2 Å². The second-order valence-corrected chi connectivity index (χ2v) is 7.30. The van der Waals surface area contributed by atoms with E-state index in [-0.39, 0.29) is 5.91 Å². The number of rotatable bonds is 7. The van der Waals surface area contributed by atoms with E-state index >= 15 is 0 Å². The van der Waals surface area contributed by atoms with Crippen molar-refractivity contribution in [2.24, 2.45) is 0 Å². The Balaban J connectivity index is 1.94. The van der Waals surface area contributed by atoms with Gasteiger partial charge in [0.2, 0.25) is 5.91 Å². The Morgan fingerprint density at radius 1 is 1.12 bits per heavy atom. The van der Waals surface area contributed by atoms with Gasteiger partial charge in [-0.25, -0.2) is 0 Å². The van der Waals surface area contributed by atoms with E-state index in [1.807, 2.05) is 12.1 Å². The fourth-order valence-electron chi connectivity index (χ4n) is 2.41.